The summed E-state index contributed by atoms with van der Waals surface area (Å²) in [6.45, 7) is 3.75. The minimum Gasteiger partial charge on any atom is -0.478 e. The molecule has 0 heterocycles. The Morgan fingerprint density at radius 3 is 2.67 bits per heavy atom. The maximum absolute atomic E-state index is 12.3. The van der Waals surface area contributed by atoms with Gasteiger partial charge in [0.25, 0.3) is 0 Å². The maximum Gasteiger partial charge on any atom is 0.336 e. The van der Waals surface area contributed by atoms with Gasteiger partial charge in [-0.15, -0.1) is 0 Å². The minimum atomic E-state index is -1.35. The number of carboxylic acids is 1. The van der Waals surface area contributed by atoms with Crippen LogP contribution < -0.4 is 0 Å². The van der Waals surface area contributed by atoms with Crippen molar-refractivity contribution in [3.63, 3.8) is 0 Å². The molecule has 0 aromatic heterocycles. The molecule has 6 heteroatoms. The molecular formula is C15H18BrNO3S. The molecule has 1 aromatic rings. The smallest absolute Gasteiger partial charge is 0.336 e. The van der Waals surface area contributed by atoms with Crippen molar-refractivity contribution < 1.29 is 14.1 Å². The maximum atomic E-state index is 12.3. The van der Waals surface area contributed by atoms with E-state index in [-0.39, 0.29) is 11.0 Å². The minimum absolute atomic E-state index is 0.0777. The van der Waals surface area contributed by atoms with Crippen molar-refractivity contribution in [3.8, 4) is 6.07 Å². The van der Waals surface area contributed by atoms with E-state index in [9.17, 15) is 9.00 Å². The Morgan fingerprint density at radius 2 is 2.10 bits per heavy atom. The van der Waals surface area contributed by atoms with Crippen LogP contribution in [-0.4, -0.2) is 21.0 Å². The highest BCUT2D eigenvalue weighted by atomic mass is 79.9. The fraction of sp³-hybridized carbons (Fsp3) is 0.467. The van der Waals surface area contributed by atoms with E-state index in [1.165, 1.54) is 6.07 Å². The second-order valence-electron chi connectivity index (χ2n) is 5.45. The van der Waals surface area contributed by atoms with Gasteiger partial charge >= 0.3 is 5.97 Å². The second kappa shape index (κ2) is 7.71. The second-order valence-corrected chi connectivity index (χ2v) is 7.90. The summed E-state index contributed by atoms with van der Waals surface area (Å²) in [4.78, 5) is 11.5. The van der Waals surface area contributed by atoms with E-state index >= 15 is 0 Å². The molecule has 0 saturated carbocycles. The van der Waals surface area contributed by atoms with Gasteiger partial charge in [0.1, 0.15) is 0 Å². The highest BCUT2D eigenvalue weighted by molar-refractivity contribution is 9.10. The summed E-state index contributed by atoms with van der Waals surface area (Å²) < 4.78 is 13.0. The molecule has 0 spiro atoms. The molecule has 0 aliphatic heterocycles. The highest BCUT2D eigenvalue weighted by Gasteiger charge is 2.18. The number of carbonyl (C=O) groups is 1. The Balaban J connectivity index is 2.67. The van der Waals surface area contributed by atoms with Crippen LogP contribution in [0.2, 0.25) is 0 Å². The number of hydrogen-bond donors (Lipinski definition) is 1. The van der Waals surface area contributed by atoms with Crippen LogP contribution in [0.25, 0.3) is 0 Å². The standard InChI is InChI=1S/C15H18BrNO3S/c1-15(2,10-17)7-3-4-8-21(20)13-9-11(16)5-6-12(13)14(18)19/h5-6,9H,3-4,7-8H2,1-2H3,(H,18,19). The monoisotopic (exact) mass is 371 g/mol. The van der Waals surface area contributed by atoms with Crippen LogP contribution in [0.4, 0.5) is 0 Å². The fourth-order valence-corrected chi connectivity index (χ4v) is 3.69. The molecule has 4 nitrogen and oxygen atoms in total. The number of carboxylic acid groups (broad SMARTS) is 1. The van der Waals surface area contributed by atoms with Gasteiger partial charge in [0.15, 0.2) is 0 Å². The summed E-state index contributed by atoms with van der Waals surface area (Å²) in [6.07, 6.45) is 2.23. The topological polar surface area (TPSA) is 78.2 Å². The fourth-order valence-electron chi connectivity index (χ4n) is 1.83. The number of hydrogen-bond acceptors (Lipinski definition) is 3. The van der Waals surface area contributed by atoms with Crippen LogP contribution in [0.5, 0.6) is 0 Å². The number of benzene rings is 1. The number of aromatic carboxylic acids is 1. The van der Waals surface area contributed by atoms with E-state index in [4.69, 9.17) is 10.4 Å². The van der Waals surface area contributed by atoms with Crippen LogP contribution in [-0.2, 0) is 10.8 Å². The zero-order chi connectivity index (χ0) is 16.0. The average Bonchev–Trinajstić information content (AvgIpc) is 2.43. The van der Waals surface area contributed by atoms with Gasteiger partial charge in [0, 0.05) is 10.2 Å². The number of halogens is 1. The molecular weight excluding hydrogens is 354 g/mol. The van der Waals surface area contributed by atoms with Crippen molar-refractivity contribution in [1.29, 1.82) is 5.26 Å². The van der Waals surface area contributed by atoms with Crippen molar-refractivity contribution >= 4 is 32.7 Å². The lowest BCUT2D eigenvalue weighted by atomic mass is 9.89. The lowest BCUT2D eigenvalue weighted by Gasteiger charge is -2.14. The summed E-state index contributed by atoms with van der Waals surface area (Å²) in [5, 5.41) is 18.1. The normalized spacial score (nSPS) is 12.7. The summed E-state index contributed by atoms with van der Waals surface area (Å²) in [7, 11) is -1.35. The Bertz CT molecular complexity index is 593. The number of unbranched alkanes of at least 4 members (excludes halogenated alkanes) is 1. The number of rotatable bonds is 7. The van der Waals surface area contributed by atoms with Gasteiger partial charge in [-0.05, 0) is 44.9 Å². The molecule has 1 aromatic carbocycles. The predicted octanol–water partition coefficient (Wildman–Crippen LogP) is 3.97. The van der Waals surface area contributed by atoms with Crippen molar-refractivity contribution in [3.05, 3.63) is 28.2 Å². The van der Waals surface area contributed by atoms with Crippen molar-refractivity contribution in [2.75, 3.05) is 5.75 Å². The van der Waals surface area contributed by atoms with Crippen molar-refractivity contribution in [2.24, 2.45) is 5.41 Å². The summed E-state index contributed by atoms with van der Waals surface area (Å²) in [6, 6.07) is 6.91. The van der Waals surface area contributed by atoms with E-state index in [0.717, 1.165) is 12.8 Å². The molecule has 1 rings (SSSR count). The molecule has 0 saturated heterocycles. The molecule has 0 radical (unpaired) electrons. The molecule has 114 valence electrons. The van der Waals surface area contributed by atoms with Gasteiger partial charge in [-0.2, -0.15) is 5.26 Å². The summed E-state index contributed by atoms with van der Waals surface area (Å²) in [5.74, 6) is -0.672. The molecule has 1 unspecified atom stereocenters. The Hall–Kier alpha value is -1.19. The Morgan fingerprint density at radius 1 is 1.43 bits per heavy atom. The van der Waals surface area contributed by atoms with Crippen molar-refractivity contribution in [2.45, 2.75) is 38.0 Å². The first-order valence-electron chi connectivity index (χ1n) is 6.59. The first-order valence-corrected chi connectivity index (χ1v) is 8.70. The zero-order valence-electron chi connectivity index (χ0n) is 12.1. The third kappa shape index (κ3) is 5.60. The molecule has 0 bridgehead atoms. The van der Waals surface area contributed by atoms with Gasteiger partial charge in [-0.3, -0.25) is 4.21 Å². The van der Waals surface area contributed by atoms with Crippen LogP contribution >= 0.6 is 15.9 Å². The number of nitriles is 1. The van der Waals surface area contributed by atoms with E-state index in [1.54, 1.807) is 12.1 Å². The third-order valence-electron chi connectivity index (χ3n) is 3.10. The van der Waals surface area contributed by atoms with Crippen LogP contribution in [0.15, 0.2) is 27.6 Å². The lowest BCUT2D eigenvalue weighted by Crippen LogP contribution is -2.09. The first kappa shape index (κ1) is 17.9. The molecule has 0 amide bonds. The third-order valence-corrected chi connectivity index (χ3v) is 5.08. The molecule has 0 aliphatic rings. The van der Waals surface area contributed by atoms with E-state index in [2.05, 4.69) is 22.0 Å². The van der Waals surface area contributed by atoms with Crippen molar-refractivity contribution in [1.82, 2.24) is 0 Å². The number of nitrogens with zero attached hydrogens (tertiary/aromatic N) is 1. The van der Waals surface area contributed by atoms with Gasteiger partial charge in [0.05, 0.1) is 32.7 Å². The largest absolute Gasteiger partial charge is 0.478 e. The van der Waals surface area contributed by atoms with Crippen LogP contribution in [0, 0.1) is 16.7 Å². The predicted molar refractivity (Wildman–Crippen MR) is 85.6 cm³/mol. The molecule has 21 heavy (non-hydrogen) atoms. The van der Waals surface area contributed by atoms with Gasteiger partial charge in [-0.1, -0.05) is 22.4 Å². The SMILES string of the molecule is CC(C)(C#N)CCCCS(=O)c1cc(Br)ccc1C(=O)O. The lowest BCUT2D eigenvalue weighted by molar-refractivity contribution is 0.0693. The van der Waals surface area contributed by atoms with Crippen LogP contribution in [0.3, 0.4) is 0 Å². The quantitative estimate of drug-likeness (QED) is 0.735. The molecule has 0 aliphatic carbocycles. The van der Waals surface area contributed by atoms with E-state index in [1.807, 2.05) is 13.8 Å². The summed E-state index contributed by atoms with van der Waals surface area (Å²) in [5.41, 5.74) is -0.294. The summed E-state index contributed by atoms with van der Waals surface area (Å²) >= 11 is 3.27. The van der Waals surface area contributed by atoms with Gasteiger partial charge < -0.3 is 5.11 Å². The molecule has 0 fully saturated rings. The average molecular weight is 372 g/mol. The Labute approximate surface area is 135 Å². The Kier molecular flexibility index (Phi) is 6.56. The molecule has 1 N–H and O–H groups in total. The first-order chi connectivity index (χ1) is 9.76. The van der Waals surface area contributed by atoms with Gasteiger partial charge in [0.2, 0.25) is 0 Å². The highest BCUT2D eigenvalue weighted by Crippen LogP contribution is 2.24. The molecule has 1 atom stereocenters. The van der Waals surface area contributed by atoms with E-state index in [0.29, 0.717) is 21.5 Å². The van der Waals surface area contributed by atoms with Gasteiger partial charge in [-0.25, -0.2) is 4.79 Å². The van der Waals surface area contributed by atoms with E-state index < -0.39 is 16.8 Å². The van der Waals surface area contributed by atoms with Crippen LogP contribution in [0.1, 0.15) is 43.5 Å². The zero-order valence-corrected chi connectivity index (χ0v) is 14.5.